The molecule has 1 N–H and O–H groups in total. The summed E-state index contributed by atoms with van der Waals surface area (Å²) < 4.78 is 16.2. The molecular formula is C23H23FN6O2. The first kappa shape index (κ1) is 20.3. The molecule has 0 atom stereocenters. The molecule has 0 aliphatic heterocycles. The number of hydrogen-bond donors (Lipinski definition) is 1. The minimum atomic E-state index is -0.496. The molecule has 1 saturated carbocycles. The molecule has 1 aliphatic carbocycles. The van der Waals surface area contributed by atoms with Crippen LogP contribution in [0.4, 0.5) is 10.2 Å². The molecule has 0 unspecified atom stereocenters. The van der Waals surface area contributed by atoms with Gasteiger partial charge in [-0.2, -0.15) is 9.61 Å². The van der Waals surface area contributed by atoms with Gasteiger partial charge in [0.1, 0.15) is 23.8 Å². The van der Waals surface area contributed by atoms with Crippen molar-refractivity contribution in [2.24, 2.45) is 0 Å². The van der Waals surface area contributed by atoms with E-state index in [0.717, 1.165) is 30.3 Å². The Balaban J connectivity index is 1.67. The molecule has 0 aromatic carbocycles. The Labute approximate surface area is 183 Å². The second-order valence-corrected chi connectivity index (χ2v) is 9.22. The highest BCUT2D eigenvalue weighted by Crippen LogP contribution is 2.42. The normalized spacial score (nSPS) is 14.2. The number of rotatable bonds is 4. The standard InChI is InChI=1S/C23H23FN6O2/c1-23(2,3)16-10-19-29(12-18(31)27-17-7-6-14(24)11-26-17)22(32)20-15(13-4-5-13)8-9-25-21(20)30(19)28-16/h6-11,13H,4-5,12H2,1-3H3,(H,26,27,31). The van der Waals surface area contributed by atoms with Crippen molar-refractivity contribution in [2.75, 3.05) is 5.32 Å². The second kappa shape index (κ2) is 7.22. The van der Waals surface area contributed by atoms with Gasteiger partial charge in [0.15, 0.2) is 5.65 Å². The zero-order valence-electron chi connectivity index (χ0n) is 18.1. The fraction of sp³-hybridized carbons (Fsp3) is 0.348. The van der Waals surface area contributed by atoms with Crippen molar-refractivity contribution in [3.8, 4) is 0 Å². The molecular weight excluding hydrogens is 411 g/mol. The lowest BCUT2D eigenvalue weighted by atomic mass is 9.93. The van der Waals surface area contributed by atoms with Crippen LogP contribution in [0.3, 0.4) is 0 Å². The number of hydrogen-bond acceptors (Lipinski definition) is 5. The van der Waals surface area contributed by atoms with E-state index in [1.54, 1.807) is 10.7 Å². The van der Waals surface area contributed by atoms with E-state index in [1.807, 2.05) is 32.9 Å². The lowest BCUT2D eigenvalue weighted by Crippen LogP contribution is -2.30. The Hall–Kier alpha value is -3.62. The number of fused-ring (bicyclic) bond motifs is 3. The van der Waals surface area contributed by atoms with E-state index in [1.165, 1.54) is 16.7 Å². The van der Waals surface area contributed by atoms with Gasteiger partial charge >= 0.3 is 0 Å². The van der Waals surface area contributed by atoms with Gasteiger partial charge in [0.25, 0.3) is 5.56 Å². The number of aromatic nitrogens is 5. The highest BCUT2D eigenvalue weighted by atomic mass is 19.1. The van der Waals surface area contributed by atoms with Gasteiger partial charge in [-0.05, 0) is 42.5 Å². The summed E-state index contributed by atoms with van der Waals surface area (Å²) >= 11 is 0. The fourth-order valence-corrected chi connectivity index (χ4v) is 3.83. The van der Waals surface area contributed by atoms with Crippen molar-refractivity contribution >= 4 is 28.4 Å². The van der Waals surface area contributed by atoms with Crippen LogP contribution in [0.5, 0.6) is 0 Å². The van der Waals surface area contributed by atoms with Crippen LogP contribution in [0, 0.1) is 5.82 Å². The number of carbonyl (C=O) groups is 1. The molecule has 4 aromatic heterocycles. The van der Waals surface area contributed by atoms with Gasteiger partial charge in [0.05, 0.1) is 17.3 Å². The zero-order valence-corrected chi connectivity index (χ0v) is 18.1. The van der Waals surface area contributed by atoms with Crippen LogP contribution in [-0.4, -0.2) is 30.1 Å². The second-order valence-electron chi connectivity index (χ2n) is 9.22. The lowest BCUT2D eigenvalue weighted by Gasteiger charge is -2.13. The molecule has 4 aromatic rings. The number of carbonyl (C=O) groups excluding carboxylic acids is 1. The van der Waals surface area contributed by atoms with Crippen molar-refractivity contribution < 1.29 is 9.18 Å². The topological polar surface area (TPSA) is 94.2 Å². The van der Waals surface area contributed by atoms with Crippen molar-refractivity contribution in [1.82, 2.24) is 24.1 Å². The summed E-state index contributed by atoms with van der Waals surface area (Å²) in [6, 6.07) is 6.30. The molecule has 1 aliphatic rings. The Morgan fingerprint density at radius 1 is 1.22 bits per heavy atom. The summed E-state index contributed by atoms with van der Waals surface area (Å²) in [5.74, 6) is -0.396. The van der Waals surface area contributed by atoms with Gasteiger partial charge in [0.2, 0.25) is 5.91 Å². The highest BCUT2D eigenvalue weighted by Gasteiger charge is 2.29. The number of nitrogens with zero attached hydrogens (tertiary/aromatic N) is 5. The minimum absolute atomic E-state index is 0.213. The van der Waals surface area contributed by atoms with E-state index in [-0.39, 0.29) is 23.3 Å². The van der Waals surface area contributed by atoms with Crippen LogP contribution in [0.2, 0.25) is 0 Å². The van der Waals surface area contributed by atoms with E-state index >= 15 is 0 Å². The third kappa shape index (κ3) is 3.53. The van der Waals surface area contributed by atoms with Gasteiger partial charge in [-0.15, -0.1) is 0 Å². The van der Waals surface area contributed by atoms with Gasteiger partial charge in [-0.25, -0.2) is 14.4 Å². The molecule has 9 heteroatoms. The maximum atomic E-state index is 13.6. The first-order valence-corrected chi connectivity index (χ1v) is 10.6. The molecule has 164 valence electrons. The maximum Gasteiger partial charge on any atom is 0.264 e. The van der Waals surface area contributed by atoms with Gasteiger partial charge in [0, 0.05) is 17.7 Å². The summed E-state index contributed by atoms with van der Waals surface area (Å²) in [5.41, 5.74) is 2.21. The van der Waals surface area contributed by atoms with Crippen molar-refractivity contribution in [1.29, 1.82) is 0 Å². The Morgan fingerprint density at radius 2 is 2.00 bits per heavy atom. The summed E-state index contributed by atoms with van der Waals surface area (Å²) in [4.78, 5) is 34.7. The molecule has 0 spiro atoms. The maximum absolute atomic E-state index is 13.6. The first-order chi connectivity index (χ1) is 15.2. The highest BCUT2D eigenvalue weighted by molar-refractivity contribution is 5.90. The predicted octanol–water partition coefficient (Wildman–Crippen LogP) is 3.39. The Bertz CT molecular complexity index is 1410. The third-order valence-corrected chi connectivity index (χ3v) is 5.67. The van der Waals surface area contributed by atoms with Crippen LogP contribution >= 0.6 is 0 Å². The lowest BCUT2D eigenvalue weighted by molar-refractivity contribution is -0.116. The van der Waals surface area contributed by atoms with E-state index in [2.05, 4.69) is 15.3 Å². The summed E-state index contributed by atoms with van der Waals surface area (Å²) in [5, 5.41) is 7.87. The van der Waals surface area contributed by atoms with Crippen molar-refractivity contribution in [3.05, 3.63) is 64.1 Å². The van der Waals surface area contributed by atoms with Gasteiger partial charge in [-0.3, -0.25) is 14.2 Å². The van der Waals surface area contributed by atoms with Crippen LogP contribution in [0.15, 0.2) is 41.5 Å². The Morgan fingerprint density at radius 3 is 2.66 bits per heavy atom. The van der Waals surface area contributed by atoms with Crippen molar-refractivity contribution in [2.45, 2.75) is 51.5 Å². The van der Waals surface area contributed by atoms with Crippen LogP contribution in [0.25, 0.3) is 16.7 Å². The first-order valence-electron chi connectivity index (χ1n) is 10.6. The quantitative estimate of drug-likeness (QED) is 0.531. The SMILES string of the molecule is CC(C)(C)c1cc2n(CC(=O)Nc3ccc(F)cn3)c(=O)c3c(C4CC4)ccnc3n2n1. The number of halogens is 1. The summed E-state index contributed by atoms with van der Waals surface area (Å²) in [6.45, 7) is 5.88. The van der Waals surface area contributed by atoms with E-state index < -0.39 is 11.7 Å². The summed E-state index contributed by atoms with van der Waals surface area (Å²) in [6.07, 6.45) is 4.79. The van der Waals surface area contributed by atoms with Crippen LogP contribution < -0.4 is 10.9 Å². The van der Waals surface area contributed by atoms with Crippen molar-refractivity contribution in [3.63, 3.8) is 0 Å². The fourth-order valence-electron chi connectivity index (χ4n) is 3.83. The third-order valence-electron chi connectivity index (χ3n) is 5.67. The number of anilines is 1. The molecule has 0 bridgehead atoms. The molecule has 4 heterocycles. The average molecular weight is 434 g/mol. The van der Waals surface area contributed by atoms with Gasteiger partial charge in [-0.1, -0.05) is 20.8 Å². The van der Waals surface area contributed by atoms with Crippen LogP contribution in [0.1, 0.15) is 50.8 Å². The molecule has 1 amide bonds. The smallest absolute Gasteiger partial charge is 0.264 e. The minimum Gasteiger partial charge on any atom is -0.309 e. The molecule has 5 rings (SSSR count). The molecule has 0 saturated heterocycles. The van der Waals surface area contributed by atoms with E-state index in [9.17, 15) is 14.0 Å². The van der Waals surface area contributed by atoms with Crippen LogP contribution in [-0.2, 0) is 16.8 Å². The van der Waals surface area contributed by atoms with E-state index in [4.69, 9.17) is 5.10 Å². The number of nitrogens with one attached hydrogen (secondary N) is 1. The number of amides is 1. The molecule has 32 heavy (non-hydrogen) atoms. The largest absolute Gasteiger partial charge is 0.309 e. The zero-order chi connectivity index (χ0) is 22.6. The molecule has 8 nitrogen and oxygen atoms in total. The van der Waals surface area contributed by atoms with E-state index in [0.29, 0.717) is 22.6 Å². The molecule has 1 fully saturated rings. The summed E-state index contributed by atoms with van der Waals surface area (Å²) in [7, 11) is 0. The number of pyridine rings is 2. The average Bonchev–Trinajstić information content (AvgIpc) is 3.48. The molecule has 0 radical (unpaired) electrons. The van der Waals surface area contributed by atoms with Gasteiger partial charge < -0.3 is 5.32 Å². The Kier molecular flexibility index (Phi) is 4.58. The monoisotopic (exact) mass is 434 g/mol. The predicted molar refractivity (Wildman–Crippen MR) is 118 cm³/mol.